The number of aliphatic imine (C=N–C) groups is 1. The first kappa shape index (κ1) is 17.6. The lowest BCUT2D eigenvalue weighted by Gasteiger charge is -2.17. The van der Waals surface area contributed by atoms with E-state index in [9.17, 15) is 4.79 Å². The van der Waals surface area contributed by atoms with Gasteiger partial charge in [-0.05, 0) is 59.1 Å². The maximum atomic E-state index is 12.5. The van der Waals surface area contributed by atoms with E-state index >= 15 is 0 Å². The van der Waals surface area contributed by atoms with E-state index in [0.717, 1.165) is 31.5 Å². The molecule has 24 heavy (non-hydrogen) atoms. The number of hydrogen-bond acceptors (Lipinski definition) is 4. The molecule has 0 bridgehead atoms. The summed E-state index contributed by atoms with van der Waals surface area (Å²) in [7, 11) is 0. The minimum atomic E-state index is -0.213. The molecule has 3 rings (SSSR count). The molecule has 0 fully saturated rings. The number of carbonyl (C=O) groups excluding carboxylic acids is 1. The number of nitrogens with zero attached hydrogens (tertiary/aromatic N) is 1. The third-order valence-corrected chi connectivity index (χ3v) is 6.54. The van der Waals surface area contributed by atoms with Crippen LogP contribution in [-0.2, 0) is 10.5 Å². The second-order valence-electron chi connectivity index (χ2n) is 5.53. The number of amides is 1. The van der Waals surface area contributed by atoms with Gasteiger partial charge in [-0.2, -0.15) is 0 Å². The van der Waals surface area contributed by atoms with E-state index in [1.807, 2.05) is 50.2 Å². The number of carbonyl (C=O) groups is 1. The predicted octanol–water partition coefficient (Wildman–Crippen LogP) is 5.75. The molecule has 1 aliphatic rings. The van der Waals surface area contributed by atoms with Gasteiger partial charge in [0, 0.05) is 10.2 Å². The minimum absolute atomic E-state index is 0.0216. The van der Waals surface area contributed by atoms with Crippen LogP contribution in [0, 0.1) is 6.92 Å². The van der Waals surface area contributed by atoms with Crippen LogP contribution < -0.4 is 5.32 Å². The number of para-hydroxylation sites is 1. The molecular formula is C18H17BrN2OS2. The Labute approximate surface area is 158 Å². The lowest BCUT2D eigenvalue weighted by atomic mass is 10.2. The number of hydrogen-bond donors (Lipinski definition) is 1. The van der Waals surface area contributed by atoms with Crippen LogP contribution in [-0.4, -0.2) is 15.5 Å². The van der Waals surface area contributed by atoms with E-state index in [-0.39, 0.29) is 11.2 Å². The quantitative estimate of drug-likeness (QED) is 0.686. The van der Waals surface area contributed by atoms with Crippen LogP contribution in [0.25, 0.3) is 0 Å². The van der Waals surface area contributed by atoms with Crippen molar-refractivity contribution in [3.8, 4) is 0 Å². The van der Waals surface area contributed by atoms with Gasteiger partial charge in [-0.25, -0.2) is 4.99 Å². The summed E-state index contributed by atoms with van der Waals surface area (Å²) in [6, 6.07) is 14.0. The van der Waals surface area contributed by atoms with E-state index < -0.39 is 0 Å². The number of aryl methyl sites for hydroxylation is 1. The van der Waals surface area contributed by atoms with Crippen molar-refractivity contribution in [3.05, 3.63) is 58.1 Å². The van der Waals surface area contributed by atoms with E-state index in [1.165, 1.54) is 17.3 Å². The molecule has 1 aliphatic heterocycles. The number of thioether (sulfide) groups is 2. The molecule has 2 aromatic rings. The molecule has 0 radical (unpaired) electrons. The van der Waals surface area contributed by atoms with Crippen molar-refractivity contribution in [2.24, 2.45) is 4.99 Å². The fourth-order valence-electron chi connectivity index (χ4n) is 2.23. The normalized spacial score (nSPS) is 14.5. The second kappa shape index (κ2) is 7.76. The highest BCUT2D eigenvalue weighted by Gasteiger charge is 2.20. The number of anilines is 1. The first-order valence-corrected chi connectivity index (χ1v) is 10.2. The first-order valence-electron chi connectivity index (χ1n) is 7.56. The molecule has 3 nitrogen and oxygen atoms in total. The SMILES string of the molecule is Cc1ccc(NC(=O)C(C)SC2=Nc3ccccc3CS2)c(Br)c1. The molecule has 1 atom stereocenters. The number of benzene rings is 2. The highest BCUT2D eigenvalue weighted by atomic mass is 79.9. The van der Waals surface area contributed by atoms with Crippen molar-refractivity contribution in [3.63, 3.8) is 0 Å². The van der Waals surface area contributed by atoms with Gasteiger partial charge in [0.25, 0.3) is 0 Å². The smallest absolute Gasteiger partial charge is 0.237 e. The third kappa shape index (κ3) is 4.23. The van der Waals surface area contributed by atoms with Gasteiger partial charge in [0.2, 0.25) is 5.91 Å². The summed E-state index contributed by atoms with van der Waals surface area (Å²) in [5.41, 5.74) is 4.19. The van der Waals surface area contributed by atoms with Gasteiger partial charge in [-0.1, -0.05) is 47.8 Å². The Morgan fingerprint density at radius 2 is 2.12 bits per heavy atom. The Kier molecular flexibility index (Phi) is 5.69. The summed E-state index contributed by atoms with van der Waals surface area (Å²) in [5.74, 6) is 0.881. The predicted molar refractivity (Wildman–Crippen MR) is 109 cm³/mol. The fourth-order valence-corrected chi connectivity index (χ4v) is 5.01. The molecule has 6 heteroatoms. The van der Waals surface area contributed by atoms with Crippen molar-refractivity contribution in [1.82, 2.24) is 0 Å². The van der Waals surface area contributed by atoms with Gasteiger partial charge >= 0.3 is 0 Å². The van der Waals surface area contributed by atoms with Gasteiger partial charge in [-0.3, -0.25) is 4.79 Å². The van der Waals surface area contributed by atoms with Crippen molar-refractivity contribution in [2.75, 3.05) is 5.32 Å². The summed E-state index contributed by atoms with van der Waals surface area (Å²) in [5, 5.41) is 2.76. The van der Waals surface area contributed by atoms with Crippen LogP contribution in [0.1, 0.15) is 18.1 Å². The summed E-state index contributed by atoms with van der Waals surface area (Å²) in [6.45, 7) is 3.93. The molecule has 2 aromatic carbocycles. The van der Waals surface area contributed by atoms with Crippen LogP contribution in [0.2, 0.25) is 0 Å². The zero-order valence-corrected chi connectivity index (χ0v) is 16.6. The summed E-state index contributed by atoms with van der Waals surface area (Å²) < 4.78 is 1.84. The molecule has 1 heterocycles. The van der Waals surface area contributed by atoms with Crippen LogP contribution in [0.15, 0.2) is 51.9 Å². The van der Waals surface area contributed by atoms with Crippen molar-refractivity contribution in [1.29, 1.82) is 0 Å². The third-order valence-electron chi connectivity index (χ3n) is 3.58. The molecule has 124 valence electrons. The number of nitrogens with one attached hydrogen (secondary N) is 1. The highest BCUT2D eigenvalue weighted by Crippen LogP contribution is 2.36. The molecule has 0 aliphatic carbocycles. The van der Waals surface area contributed by atoms with Crippen molar-refractivity contribution >= 4 is 61.1 Å². The van der Waals surface area contributed by atoms with E-state index in [0.29, 0.717) is 0 Å². The van der Waals surface area contributed by atoms with Crippen LogP contribution in [0.4, 0.5) is 11.4 Å². The summed E-state index contributed by atoms with van der Waals surface area (Å²) in [6.07, 6.45) is 0. The average Bonchev–Trinajstić information content (AvgIpc) is 2.57. The number of halogens is 1. The maximum absolute atomic E-state index is 12.5. The molecule has 0 saturated heterocycles. The molecule has 1 amide bonds. The molecule has 0 aromatic heterocycles. The molecule has 0 spiro atoms. The van der Waals surface area contributed by atoms with Crippen LogP contribution in [0.3, 0.4) is 0 Å². The zero-order valence-electron chi connectivity index (χ0n) is 13.4. The van der Waals surface area contributed by atoms with Crippen molar-refractivity contribution < 1.29 is 4.79 Å². The van der Waals surface area contributed by atoms with Gasteiger partial charge in [-0.15, -0.1) is 0 Å². The number of fused-ring (bicyclic) bond motifs is 1. The Morgan fingerprint density at radius 3 is 2.92 bits per heavy atom. The molecule has 1 unspecified atom stereocenters. The Balaban J connectivity index is 1.66. The Morgan fingerprint density at radius 1 is 1.33 bits per heavy atom. The van der Waals surface area contributed by atoms with Gasteiger partial charge in [0.15, 0.2) is 0 Å². The van der Waals surface area contributed by atoms with Crippen molar-refractivity contribution in [2.45, 2.75) is 24.9 Å². The number of rotatable bonds is 3. The highest BCUT2D eigenvalue weighted by molar-refractivity contribution is 9.10. The molecular weight excluding hydrogens is 404 g/mol. The minimum Gasteiger partial charge on any atom is -0.324 e. The summed E-state index contributed by atoms with van der Waals surface area (Å²) >= 11 is 6.68. The first-order chi connectivity index (χ1) is 11.5. The van der Waals surface area contributed by atoms with Gasteiger partial charge in [0.1, 0.15) is 4.38 Å². The lowest BCUT2D eigenvalue weighted by Crippen LogP contribution is -2.23. The van der Waals surface area contributed by atoms with E-state index in [2.05, 4.69) is 32.3 Å². The monoisotopic (exact) mass is 420 g/mol. The standard InChI is InChI=1S/C18H17BrN2OS2/c1-11-7-8-16(14(19)9-11)20-17(22)12(2)24-18-21-15-6-4-3-5-13(15)10-23-18/h3-9,12H,10H2,1-2H3,(H,20,22). The Hall–Kier alpha value is -1.24. The van der Waals surface area contributed by atoms with Crippen LogP contribution in [0.5, 0.6) is 0 Å². The molecule has 1 N–H and O–H groups in total. The van der Waals surface area contributed by atoms with E-state index in [1.54, 1.807) is 11.8 Å². The lowest BCUT2D eigenvalue weighted by molar-refractivity contribution is -0.115. The van der Waals surface area contributed by atoms with E-state index in [4.69, 9.17) is 0 Å². The second-order valence-corrected chi connectivity index (χ2v) is 8.93. The molecule has 0 saturated carbocycles. The fraction of sp³-hybridized carbons (Fsp3) is 0.222. The van der Waals surface area contributed by atoms with Crippen LogP contribution >= 0.6 is 39.5 Å². The topological polar surface area (TPSA) is 41.5 Å². The largest absolute Gasteiger partial charge is 0.324 e. The summed E-state index contributed by atoms with van der Waals surface area (Å²) in [4.78, 5) is 17.1. The van der Waals surface area contributed by atoms with Gasteiger partial charge < -0.3 is 5.32 Å². The maximum Gasteiger partial charge on any atom is 0.237 e. The zero-order chi connectivity index (χ0) is 17.1. The van der Waals surface area contributed by atoms with Gasteiger partial charge in [0.05, 0.1) is 16.6 Å². The Bertz CT molecular complexity index is 807. The average molecular weight is 421 g/mol.